The van der Waals surface area contributed by atoms with Crippen molar-refractivity contribution in [1.29, 1.82) is 0 Å². The van der Waals surface area contributed by atoms with E-state index in [4.69, 9.17) is 23.2 Å². The van der Waals surface area contributed by atoms with Crippen LogP contribution in [0.25, 0.3) is 21.8 Å². The van der Waals surface area contributed by atoms with Crippen molar-refractivity contribution in [1.82, 2.24) is 15.2 Å². The van der Waals surface area contributed by atoms with Crippen molar-refractivity contribution in [2.45, 2.75) is 0 Å². The molecule has 0 aliphatic heterocycles. The summed E-state index contributed by atoms with van der Waals surface area (Å²) in [7, 11) is 0. The van der Waals surface area contributed by atoms with E-state index in [0.717, 1.165) is 5.39 Å². The van der Waals surface area contributed by atoms with Gasteiger partial charge in [0.05, 0.1) is 26.6 Å². The molecule has 1 amide bonds. The van der Waals surface area contributed by atoms with E-state index in [1.807, 2.05) is 18.2 Å². The van der Waals surface area contributed by atoms with Gasteiger partial charge in [-0.25, -0.2) is 4.98 Å². The van der Waals surface area contributed by atoms with Crippen LogP contribution in [0.1, 0.15) is 10.4 Å². The second kappa shape index (κ2) is 5.91. The van der Waals surface area contributed by atoms with Crippen LogP contribution in [0.4, 0.5) is 5.82 Å². The molecule has 0 radical (unpaired) electrons. The highest BCUT2D eigenvalue weighted by atomic mass is 35.5. The fraction of sp³-hybridized carbons (Fsp3) is 0. The minimum atomic E-state index is -0.541. The Morgan fingerprint density at radius 1 is 1.00 bits per heavy atom. The summed E-state index contributed by atoms with van der Waals surface area (Å²) in [5, 5.41) is 9.44. The number of amides is 1. The van der Waals surface area contributed by atoms with Crippen LogP contribution in [0.3, 0.4) is 0 Å². The fourth-order valence-corrected chi connectivity index (χ4v) is 3.29. The number of nitrogens with one attached hydrogen (secondary N) is 3. The Morgan fingerprint density at radius 2 is 1.72 bits per heavy atom. The van der Waals surface area contributed by atoms with E-state index in [1.165, 1.54) is 0 Å². The molecule has 25 heavy (non-hydrogen) atoms. The number of fused-ring (bicyclic) bond motifs is 3. The van der Waals surface area contributed by atoms with Gasteiger partial charge >= 0.3 is 0 Å². The van der Waals surface area contributed by atoms with Gasteiger partial charge in [0.15, 0.2) is 0 Å². The lowest BCUT2D eigenvalue weighted by Gasteiger charge is -2.09. The van der Waals surface area contributed by atoms with Crippen LogP contribution < -0.4 is 10.9 Å². The highest BCUT2D eigenvalue weighted by Gasteiger charge is 2.19. The van der Waals surface area contributed by atoms with E-state index in [2.05, 4.69) is 20.5 Å². The summed E-state index contributed by atoms with van der Waals surface area (Å²) < 4.78 is 0. The van der Waals surface area contributed by atoms with Gasteiger partial charge in [-0.3, -0.25) is 19.8 Å². The molecule has 0 fully saturated rings. The molecule has 0 unspecified atom stereocenters. The molecule has 0 atom stereocenters. The quantitative estimate of drug-likeness (QED) is 0.497. The van der Waals surface area contributed by atoms with Gasteiger partial charge in [0.25, 0.3) is 11.5 Å². The Kier molecular flexibility index (Phi) is 3.71. The highest BCUT2D eigenvalue weighted by Crippen LogP contribution is 2.28. The zero-order chi connectivity index (χ0) is 17.6. The SMILES string of the molecule is O=C(Nc1nc2ccccc2c2[nH][nH]c(=O)c12)c1c(Cl)cccc1Cl. The first-order valence-electron chi connectivity index (χ1n) is 7.30. The Hall–Kier alpha value is -2.83. The second-order valence-corrected chi connectivity index (χ2v) is 6.17. The van der Waals surface area contributed by atoms with Crippen LogP contribution in [-0.2, 0) is 0 Å². The zero-order valence-corrected chi connectivity index (χ0v) is 14.1. The molecule has 0 aliphatic carbocycles. The van der Waals surface area contributed by atoms with Crippen LogP contribution in [-0.4, -0.2) is 21.1 Å². The summed E-state index contributed by atoms with van der Waals surface area (Å²) in [5.41, 5.74) is 0.941. The molecule has 0 bridgehead atoms. The van der Waals surface area contributed by atoms with E-state index in [0.29, 0.717) is 11.0 Å². The minimum Gasteiger partial charge on any atom is -0.306 e. The molecule has 0 saturated heterocycles. The van der Waals surface area contributed by atoms with E-state index in [1.54, 1.807) is 24.3 Å². The van der Waals surface area contributed by atoms with Crippen molar-refractivity contribution in [3.8, 4) is 0 Å². The number of carbonyl (C=O) groups is 1. The standard InChI is InChI=1S/C17H10Cl2N4O2/c18-9-5-3-6-10(19)12(9)16(24)21-15-13-14(22-23-17(13)25)8-4-1-2-7-11(8)20-15/h1-7H,(H,20,21,24)(H2,22,23,25). The monoisotopic (exact) mass is 372 g/mol. The summed E-state index contributed by atoms with van der Waals surface area (Å²) >= 11 is 12.1. The number of hydrogen-bond donors (Lipinski definition) is 3. The number of halogens is 2. The number of aromatic nitrogens is 3. The van der Waals surface area contributed by atoms with Crippen molar-refractivity contribution < 1.29 is 4.79 Å². The molecule has 4 rings (SSSR count). The third-order valence-corrected chi connectivity index (χ3v) is 4.47. The molecule has 8 heteroatoms. The van der Waals surface area contributed by atoms with Crippen LogP contribution >= 0.6 is 23.2 Å². The van der Waals surface area contributed by atoms with E-state index in [-0.39, 0.29) is 32.4 Å². The Morgan fingerprint density at radius 3 is 2.48 bits per heavy atom. The Balaban J connectivity index is 1.90. The predicted octanol–water partition coefficient (Wildman–Crippen LogP) is 3.96. The second-order valence-electron chi connectivity index (χ2n) is 5.36. The smallest absolute Gasteiger partial charge is 0.275 e. The number of nitrogens with zero attached hydrogens (tertiary/aromatic N) is 1. The Labute approximate surface area is 150 Å². The van der Waals surface area contributed by atoms with E-state index >= 15 is 0 Å². The maximum absolute atomic E-state index is 12.6. The van der Waals surface area contributed by atoms with Crippen molar-refractivity contribution >= 4 is 56.7 Å². The minimum absolute atomic E-state index is 0.126. The number of pyridine rings is 1. The van der Waals surface area contributed by atoms with Crippen LogP contribution in [0, 0.1) is 0 Å². The number of hydrogen-bond acceptors (Lipinski definition) is 3. The molecule has 0 spiro atoms. The summed E-state index contributed by atoms with van der Waals surface area (Å²) in [6.45, 7) is 0. The van der Waals surface area contributed by atoms with Crippen molar-refractivity contribution in [2.75, 3.05) is 5.32 Å². The third kappa shape index (κ3) is 2.56. The maximum Gasteiger partial charge on any atom is 0.275 e. The van der Waals surface area contributed by atoms with Gasteiger partial charge in [-0.1, -0.05) is 47.5 Å². The molecule has 3 N–H and O–H groups in total. The molecule has 4 aromatic rings. The topological polar surface area (TPSA) is 90.6 Å². The first kappa shape index (κ1) is 15.7. The number of para-hydroxylation sites is 1. The van der Waals surface area contributed by atoms with E-state index in [9.17, 15) is 9.59 Å². The molecule has 0 saturated carbocycles. The van der Waals surface area contributed by atoms with Crippen LogP contribution in [0.15, 0.2) is 47.3 Å². The lowest BCUT2D eigenvalue weighted by molar-refractivity contribution is 0.102. The third-order valence-electron chi connectivity index (χ3n) is 3.84. The average Bonchev–Trinajstić information content (AvgIpc) is 2.97. The molecule has 124 valence electrons. The summed E-state index contributed by atoms with van der Waals surface area (Å²) in [5.74, 6) is -0.405. The number of rotatable bonds is 2. The van der Waals surface area contributed by atoms with Crippen molar-refractivity contribution in [3.05, 3.63) is 68.4 Å². The van der Waals surface area contributed by atoms with Crippen LogP contribution in [0.2, 0.25) is 10.0 Å². The van der Waals surface area contributed by atoms with Gasteiger partial charge in [-0.05, 0) is 18.2 Å². The van der Waals surface area contributed by atoms with Crippen molar-refractivity contribution in [3.63, 3.8) is 0 Å². The molecule has 2 heterocycles. The normalized spacial score (nSPS) is 11.1. The largest absolute Gasteiger partial charge is 0.306 e. The van der Waals surface area contributed by atoms with Crippen LogP contribution in [0.5, 0.6) is 0 Å². The van der Waals surface area contributed by atoms with Gasteiger partial charge < -0.3 is 5.32 Å². The fourth-order valence-electron chi connectivity index (χ4n) is 2.72. The van der Waals surface area contributed by atoms with Gasteiger partial charge in [0.1, 0.15) is 11.2 Å². The maximum atomic E-state index is 12.6. The molecular formula is C17H10Cl2N4O2. The highest BCUT2D eigenvalue weighted by molar-refractivity contribution is 6.40. The molecule has 2 aromatic heterocycles. The summed E-state index contributed by atoms with van der Waals surface area (Å²) in [4.78, 5) is 29.2. The lowest BCUT2D eigenvalue weighted by atomic mass is 10.1. The first-order chi connectivity index (χ1) is 12.1. The zero-order valence-electron chi connectivity index (χ0n) is 12.6. The lowest BCUT2D eigenvalue weighted by Crippen LogP contribution is -2.16. The van der Waals surface area contributed by atoms with Gasteiger partial charge in [0.2, 0.25) is 0 Å². The van der Waals surface area contributed by atoms with E-state index < -0.39 is 5.91 Å². The van der Waals surface area contributed by atoms with Gasteiger partial charge in [-0.2, -0.15) is 0 Å². The first-order valence-corrected chi connectivity index (χ1v) is 8.06. The summed E-state index contributed by atoms with van der Waals surface area (Å²) in [6, 6.07) is 12.1. The number of carbonyl (C=O) groups excluding carboxylic acids is 1. The number of benzene rings is 2. The number of aromatic amines is 2. The molecule has 6 nitrogen and oxygen atoms in total. The van der Waals surface area contributed by atoms with Gasteiger partial charge in [0, 0.05) is 5.39 Å². The summed E-state index contributed by atoms with van der Waals surface area (Å²) in [6.07, 6.45) is 0. The average molecular weight is 373 g/mol. The molecule has 2 aromatic carbocycles. The Bertz CT molecular complexity index is 1180. The molecule has 0 aliphatic rings. The number of H-pyrrole nitrogens is 2. The van der Waals surface area contributed by atoms with Crippen molar-refractivity contribution in [2.24, 2.45) is 0 Å². The van der Waals surface area contributed by atoms with Gasteiger partial charge in [-0.15, -0.1) is 0 Å². The molecular weight excluding hydrogens is 363 g/mol. The number of anilines is 1. The predicted molar refractivity (Wildman–Crippen MR) is 98.6 cm³/mol.